The van der Waals surface area contributed by atoms with E-state index in [1.807, 2.05) is 0 Å². The van der Waals surface area contributed by atoms with Gasteiger partial charge in [0.05, 0.1) is 0 Å². The zero-order valence-electron chi connectivity index (χ0n) is 9.91. The van der Waals surface area contributed by atoms with E-state index in [9.17, 15) is 13.2 Å². The third-order valence-corrected chi connectivity index (χ3v) is 4.26. The molecule has 0 radical (unpaired) electrons. The van der Waals surface area contributed by atoms with Crippen LogP contribution in [0.1, 0.15) is 19.3 Å². The summed E-state index contributed by atoms with van der Waals surface area (Å²) in [5.74, 6) is -1.67. The molecule has 106 valence electrons. The molecule has 2 unspecified atom stereocenters. The number of alkyl halides is 3. The number of hydrogen-bond donors (Lipinski definition) is 3. The molecule has 18 heavy (non-hydrogen) atoms. The first kappa shape index (κ1) is 15.4. The topological polar surface area (TPSA) is 70.6 Å². The van der Waals surface area contributed by atoms with Crippen molar-refractivity contribution in [2.24, 2.45) is 16.8 Å². The number of rotatable bonds is 5. The molecule has 1 aliphatic rings. The van der Waals surface area contributed by atoms with Crippen LogP contribution in [0.4, 0.5) is 13.2 Å². The van der Waals surface area contributed by atoms with Crippen molar-refractivity contribution in [3.8, 4) is 0 Å². The van der Waals surface area contributed by atoms with Crippen LogP contribution in [0.3, 0.4) is 0 Å². The van der Waals surface area contributed by atoms with Gasteiger partial charge in [-0.05, 0) is 18.6 Å². The largest absolute Gasteiger partial charge is 0.409 e. The highest BCUT2D eigenvalue weighted by Gasteiger charge is 2.42. The zero-order chi connectivity index (χ0) is 13.6. The number of nitrogens with zero attached hydrogens (tertiary/aromatic N) is 1. The van der Waals surface area contributed by atoms with Crippen molar-refractivity contribution >= 4 is 17.6 Å². The number of amidine groups is 1. The van der Waals surface area contributed by atoms with Gasteiger partial charge in [-0.25, -0.2) is 0 Å². The Morgan fingerprint density at radius 3 is 2.72 bits per heavy atom. The average molecular weight is 285 g/mol. The molecule has 2 atom stereocenters. The summed E-state index contributed by atoms with van der Waals surface area (Å²) in [5.41, 5.74) is 5.06. The predicted octanol–water partition coefficient (Wildman–Crippen LogP) is 1.79. The van der Waals surface area contributed by atoms with E-state index >= 15 is 0 Å². The molecule has 1 aliphatic heterocycles. The maximum atomic E-state index is 12.6. The number of oxime groups is 1. The Morgan fingerprint density at radius 1 is 1.50 bits per heavy atom. The maximum Gasteiger partial charge on any atom is 0.400 e. The first-order valence-corrected chi connectivity index (χ1v) is 6.86. The van der Waals surface area contributed by atoms with Gasteiger partial charge < -0.3 is 16.3 Å². The first-order valence-electron chi connectivity index (χ1n) is 5.81. The average Bonchev–Trinajstić information content (AvgIpc) is 2.33. The Bertz CT molecular complexity index is 280. The van der Waals surface area contributed by atoms with Crippen molar-refractivity contribution < 1.29 is 18.4 Å². The van der Waals surface area contributed by atoms with Crippen LogP contribution in [0.15, 0.2) is 5.16 Å². The molecule has 0 bridgehead atoms. The van der Waals surface area contributed by atoms with Gasteiger partial charge in [0, 0.05) is 18.3 Å². The van der Waals surface area contributed by atoms with Gasteiger partial charge in [0.2, 0.25) is 0 Å². The van der Waals surface area contributed by atoms with E-state index < -0.39 is 17.9 Å². The molecule has 0 spiro atoms. The van der Waals surface area contributed by atoms with Gasteiger partial charge in [0.1, 0.15) is 5.92 Å². The van der Waals surface area contributed by atoms with Crippen LogP contribution in [0.25, 0.3) is 0 Å². The van der Waals surface area contributed by atoms with E-state index in [0.717, 1.165) is 18.6 Å². The van der Waals surface area contributed by atoms with Gasteiger partial charge >= 0.3 is 6.18 Å². The fourth-order valence-corrected chi connectivity index (χ4v) is 3.09. The predicted molar refractivity (Wildman–Crippen MR) is 65.9 cm³/mol. The SMILES string of the molecule is NC(=NO)C(CNCC1CCCCS1)C(F)(F)F. The van der Waals surface area contributed by atoms with Crippen LogP contribution < -0.4 is 11.1 Å². The lowest BCUT2D eigenvalue weighted by molar-refractivity contribution is -0.154. The second-order valence-electron chi connectivity index (χ2n) is 4.27. The molecule has 0 aliphatic carbocycles. The van der Waals surface area contributed by atoms with Crippen LogP contribution in [-0.2, 0) is 0 Å². The van der Waals surface area contributed by atoms with E-state index in [2.05, 4.69) is 10.5 Å². The third kappa shape index (κ3) is 4.93. The van der Waals surface area contributed by atoms with Gasteiger partial charge in [0.15, 0.2) is 5.84 Å². The molecule has 0 aromatic carbocycles. The highest BCUT2D eigenvalue weighted by molar-refractivity contribution is 7.99. The Balaban J connectivity index is 2.37. The Morgan fingerprint density at radius 2 is 2.22 bits per heavy atom. The molecular weight excluding hydrogens is 267 g/mol. The summed E-state index contributed by atoms with van der Waals surface area (Å²) >= 11 is 1.78. The second-order valence-corrected chi connectivity index (χ2v) is 5.67. The molecule has 1 rings (SSSR count). The van der Waals surface area contributed by atoms with E-state index in [1.165, 1.54) is 6.42 Å². The molecule has 4 N–H and O–H groups in total. The standard InChI is InChI=1S/C10H18F3N3OS/c11-10(12,13)8(9(14)16-17)6-15-5-7-3-1-2-4-18-7/h7-8,15,17H,1-6H2,(H2,14,16). The normalized spacial score (nSPS) is 23.9. The van der Waals surface area contributed by atoms with Crippen LogP contribution in [-0.4, -0.2) is 41.3 Å². The lowest BCUT2D eigenvalue weighted by Crippen LogP contribution is -2.44. The second kappa shape index (κ2) is 7.08. The number of nitrogens with one attached hydrogen (secondary N) is 1. The third-order valence-electron chi connectivity index (χ3n) is 2.86. The van der Waals surface area contributed by atoms with E-state index in [1.54, 1.807) is 11.8 Å². The highest BCUT2D eigenvalue weighted by atomic mass is 32.2. The van der Waals surface area contributed by atoms with Gasteiger partial charge in [0.25, 0.3) is 0 Å². The van der Waals surface area contributed by atoms with Crippen LogP contribution in [0.2, 0.25) is 0 Å². The fourth-order valence-electron chi connectivity index (χ4n) is 1.81. The summed E-state index contributed by atoms with van der Waals surface area (Å²) in [6.45, 7) is 0.173. The summed E-state index contributed by atoms with van der Waals surface area (Å²) in [6, 6.07) is 0. The molecule has 0 saturated carbocycles. The lowest BCUT2D eigenvalue weighted by atomic mass is 10.1. The molecular formula is C10H18F3N3OS. The number of thioether (sulfide) groups is 1. The quantitative estimate of drug-likeness (QED) is 0.312. The minimum atomic E-state index is -4.50. The van der Waals surface area contributed by atoms with Crippen molar-refractivity contribution in [2.45, 2.75) is 30.7 Å². The molecule has 0 amide bonds. The molecule has 0 aromatic rings. The summed E-state index contributed by atoms with van der Waals surface area (Å²) in [7, 11) is 0. The van der Waals surface area contributed by atoms with Crippen LogP contribution >= 0.6 is 11.8 Å². The molecule has 1 heterocycles. The summed E-state index contributed by atoms with van der Waals surface area (Å²) in [6.07, 6.45) is -1.17. The fraction of sp³-hybridized carbons (Fsp3) is 0.900. The smallest absolute Gasteiger partial charge is 0.400 e. The van der Waals surface area contributed by atoms with Crippen molar-refractivity contribution in [3.63, 3.8) is 0 Å². The first-order chi connectivity index (χ1) is 8.45. The minimum absolute atomic E-state index is 0.351. The van der Waals surface area contributed by atoms with E-state index in [4.69, 9.17) is 10.9 Å². The van der Waals surface area contributed by atoms with Crippen molar-refractivity contribution in [1.29, 1.82) is 0 Å². The van der Waals surface area contributed by atoms with Crippen molar-refractivity contribution in [2.75, 3.05) is 18.8 Å². The number of halogens is 3. The molecule has 1 fully saturated rings. The highest BCUT2D eigenvalue weighted by Crippen LogP contribution is 2.27. The Hall–Kier alpha value is -0.630. The van der Waals surface area contributed by atoms with Gasteiger partial charge in [-0.2, -0.15) is 24.9 Å². The van der Waals surface area contributed by atoms with E-state index in [0.29, 0.717) is 11.8 Å². The summed E-state index contributed by atoms with van der Waals surface area (Å²) in [4.78, 5) is 0. The van der Waals surface area contributed by atoms with E-state index in [-0.39, 0.29) is 6.54 Å². The Kier molecular flexibility index (Phi) is 6.07. The minimum Gasteiger partial charge on any atom is -0.409 e. The number of nitrogens with two attached hydrogens (primary N) is 1. The van der Waals surface area contributed by atoms with Crippen molar-refractivity contribution in [1.82, 2.24) is 5.32 Å². The molecule has 8 heteroatoms. The van der Waals surface area contributed by atoms with Crippen LogP contribution in [0, 0.1) is 5.92 Å². The van der Waals surface area contributed by atoms with Gasteiger partial charge in [-0.1, -0.05) is 11.6 Å². The lowest BCUT2D eigenvalue weighted by Gasteiger charge is -2.24. The van der Waals surface area contributed by atoms with Gasteiger partial charge in [-0.3, -0.25) is 0 Å². The molecule has 1 saturated heterocycles. The number of hydrogen-bond acceptors (Lipinski definition) is 4. The van der Waals surface area contributed by atoms with Gasteiger partial charge in [-0.15, -0.1) is 0 Å². The maximum absolute atomic E-state index is 12.6. The Labute approximate surface area is 108 Å². The van der Waals surface area contributed by atoms with Crippen LogP contribution in [0.5, 0.6) is 0 Å². The molecule has 0 aromatic heterocycles. The summed E-state index contributed by atoms with van der Waals surface area (Å²) in [5, 5.41) is 13.9. The summed E-state index contributed by atoms with van der Waals surface area (Å²) < 4.78 is 37.8. The molecule has 4 nitrogen and oxygen atoms in total. The van der Waals surface area contributed by atoms with Crippen molar-refractivity contribution in [3.05, 3.63) is 0 Å². The monoisotopic (exact) mass is 285 g/mol. The zero-order valence-corrected chi connectivity index (χ0v) is 10.7.